The molecule has 0 aliphatic carbocycles. The van der Waals surface area contributed by atoms with Gasteiger partial charge in [-0.1, -0.05) is 18.7 Å². The summed E-state index contributed by atoms with van der Waals surface area (Å²) in [6.07, 6.45) is 2.27. The fraction of sp³-hybridized carbons (Fsp3) is 0.174. The third kappa shape index (κ3) is 5.04. The van der Waals surface area contributed by atoms with Crippen molar-refractivity contribution in [3.05, 3.63) is 72.3 Å². The maximum absolute atomic E-state index is 14.3. The summed E-state index contributed by atoms with van der Waals surface area (Å²) in [6, 6.07) is 9.57. The Bertz CT molecular complexity index is 1130. The molecule has 0 bridgehead atoms. The summed E-state index contributed by atoms with van der Waals surface area (Å²) in [4.78, 5) is 20.9. The number of nitrogens with two attached hydrogens (primary N) is 1. The number of pyridine rings is 2. The van der Waals surface area contributed by atoms with E-state index in [2.05, 4.69) is 27.2 Å². The molecule has 0 saturated heterocycles. The molecule has 1 atom stereocenters. The Morgan fingerprint density at radius 1 is 1.29 bits per heavy atom. The van der Waals surface area contributed by atoms with Gasteiger partial charge in [-0.3, -0.25) is 9.78 Å². The van der Waals surface area contributed by atoms with E-state index in [-0.39, 0.29) is 17.9 Å². The summed E-state index contributed by atoms with van der Waals surface area (Å²) in [5, 5.41) is 15.3. The Balaban J connectivity index is 2.06. The predicted octanol–water partition coefficient (Wildman–Crippen LogP) is 3.75. The summed E-state index contributed by atoms with van der Waals surface area (Å²) < 4.78 is 14.3. The molecule has 2 heterocycles. The van der Waals surface area contributed by atoms with E-state index in [4.69, 9.17) is 5.73 Å². The molecule has 0 saturated carbocycles. The van der Waals surface area contributed by atoms with Gasteiger partial charge in [0, 0.05) is 30.1 Å². The minimum absolute atomic E-state index is 0.101. The summed E-state index contributed by atoms with van der Waals surface area (Å²) in [6.45, 7) is 7.42. The highest BCUT2D eigenvalue weighted by molar-refractivity contribution is 6.00. The zero-order chi connectivity index (χ0) is 22.5. The van der Waals surface area contributed by atoms with E-state index in [1.807, 2.05) is 0 Å². The number of nitrogens with zero attached hydrogens (tertiary/aromatic N) is 2. The fourth-order valence-corrected chi connectivity index (χ4v) is 3.08. The fourth-order valence-electron chi connectivity index (χ4n) is 3.08. The van der Waals surface area contributed by atoms with Crippen LogP contribution in [-0.4, -0.2) is 33.6 Å². The number of carbonyl (C=O) groups excluding carboxylic acids is 1. The number of allylic oxidation sites excluding steroid dienone is 1. The molecule has 8 heteroatoms. The number of aliphatic hydroxyl groups is 1. The summed E-state index contributed by atoms with van der Waals surface area (Å²) in [5.74, 6) is -0.639. The summed E-state index contributed by atoms with van der Waals surface area (Å²) in [5.41, 5.74) is 9.31. The number of rotatable bonds is 7. The van der Waals surface area contributed by atoms with Crippen molar-refractivity contribution >= 4 is 28.7 Å². The lowest BCUT2D eigenvalue weighted by Crippen LogP contribution is -2.31. The monoisotopic (exact) mass is 421 g/mol. The Labute approximate surface area is 179 Å². The molecule has 7 nitrogen and oxygen atoms in total. The van der Waals surface area contributed by atoms with Gasteiger partial charge in [0.25, 0.3) is 5.91 Å². The minimum Gasteiger partial charge on any atom is -0.392 e. The van der Waals surface area contributed by atoms with Crippen LogP contribution in [0.4, 0.5) is 21.6 Å². The van der Waals surface area contributed by atoms with E-state index in [9.17, 15) is 14.3 Å². The molecular formula is C23H24FN5O2. The normalized spacial score (nSPS) is 11.6. The van der Waals surface area contributed by atoms with Gasteiger partial charge >= 0.3 is 0 Å². The smallest absolute Gasteiger partial charge is 0.255 e. The Kier molecular flexibility index (Phi) is 6.61. The first-order valence-corrected chi connectivity index (χ1v) is 9.66. The van der Waals surface area contributed by atoms with E-state index >= 15 is 0 Å². The molecule has 0 aliphatic rings. The van der Waals surface area contributed by atoms with Crippen molar-refractivity contribution in [2.45, 2.75) is 20.0 Å². The van der Waals surface area contributed by atoms with Gasteiger partial charge in [-0.05, 0) is 43.7 Å². The van der Waals surface area contributed by atoms with E-state index < -0.39 is 17.8 Å². The topological polar surface area (TPSA) is 113 Å². The molecule has 3 rings (SSSR count). The molecule has 1 amide bonds. The Morgan fingerprint density at radius 3 is 2.71 bits per heavy atom. The molecular weight excluding hydrogens is 397 g/mol. The van der Waals surface area contributed by atoms with Gasteiger partial charge in [0.2, 0.25) is 0 Å². The molecule has 2 aromatic heterocycles. The average Bonchev–Trinajstić information content (AvgIpc) is 2.72. The molecule has 31 heavy (non-hydrogen) atoms. The zero-order valence-electron chi connectivity index (χ0n) is 17.3. The van der Waals surface area contributed by atoms with Crippen molar-refractivity contribution in [1.29, 1.82) is 0 Å². The second kappa shape index (κ2) is 9.36. The first-order chi connectivity index (χ1) is 14.8. The van der Waals surface area contributed by atoms with Crippen molar-refractivity contribution in [3.63, 3.8) is 0 Å². The number of nitrogen functional groups attached to an aromatic ring is 1. The third-order valence-electron chi connectivity index (χ3n) is 4.52. The van der Waals surface area contributed by atoms with Crippen molar-refractivity contribution < 1.29 is 14.3 Å². The molecule has 1 aromatic carbocycles. The second-order valence-electron chi connectivity index (χ2n) is 7.18. The van der Waals surface area contributed by atoms with Gasteiger partial charge in [0.15, 0.2) is 0 Å². The van der Waals surface area contributed by atoms with E-state index in [1.165, 1.54) is 18.5 Å². The first-order valence-electron chi connectivity index (χ1n) is 9.66. The number of aliphatic hydroxyl groups excluding tert-OH is 1. The highest BCUT2D eigenvalue weighted by atomic mass is 19.1. The zero-order valence-corrected chi connectivity index (χ0v) is 17.3. The minimum atomic E-state index is -0.685. The molecule has 0 radical (unpaired) electrons. The SMILES string of the molecule is C=C(C)c1c(Nc2ccncc2C(=O)NCC(C)O)cc(-c2ccccc2F)nc1N. The number of benzene rings is 1. The van der Waals surface area contributed by atoms with E-state index in [1.54, 1.807) is 44.2 Å². The Morgan fingerprint density at radius 2 is 2.03 bits per heavy atom. The van der Waals surface area contributed by atoms with Gasteiger partial charge in [-0.25, -0.2) is 9.37 Å². The van der Waals surface area contributed by atoms with Gasteiger partial charge in [0.05, 0.1) is 28.7 Å². The molecule has 0 fully saturated rings. The van der Waals surface area contributed by atoms with Gasteiger partial charge < -0.3 is 21.5 Å². The third-order valence-corrected chi connectivity index (χ3v) is 4.52. The lowest BCUT2D eigenvalue weighted by Gasteiger charge is -2.18. The Hall–Kier alpha value is -3.78. The molecule has 3 aromatic rings. The highest BCUT2D eigenvalue weighted by Gasteiger charge is 2.18. The predicted molar refractivity (Wildman–Crippen MR) is 120 cm³/mol. The van der Waals surface area contributed by atoms with Crippen molar-refractivity contribution in [3.8, 4) is 11.3 Å². The van der Waals surface area contributed by atoms with Crippen LogP contribution >= 0.6 is 0 Å². The number of anilines is 3. The van der Waals surface area contributed by atoms with Crippen LogP contribution in [0.25, 0.3) is 16.8 Å². The number of amides is 1. The van der Waals surface area contributed by atoms with Crippen LogP contribution in [0.3, 0.4) is 0 Å². The summed E-state index contributed by atoms with van der Waals surface area (Å²) in [7, 11) is 0. The molecule has 0 spiro atoms. The molecule has 160 valence electrons. The van der Waals surface area contributed by atoms with Crippen molar-refractivity contribution in [2.75, 3.05) is 17.6 Å². The van der Waals surface area contributed by atoms with Gasteiger partial charge in [0.1, 0.15) is 11.6 Å². The van der Waals surface area contributed by atoms with Crippen molar-refractivity contribution in [1.82, 2.24) is 15.3 Å². The molecule has 0 aliphatic heterocycles. The summed E-state index contributed by atoms with van der Waals surface area (Å²) >= 11 is 0. The first kappa shape index (κ1) is 21.9. The quantitative estimate of drug-likeness (QED) is 0.462. The number of halogens is 1. The number of nitrogens with one attached hydrogen (secondary N) is 2. The van der Waals surface area contributed by atoms with E-state index in [0.29, 0.717) is 33.8 Å². The number of hydrogen-bond donors (Lipinski definition) is 4. The van der Waals surface area contributed by atoms with Crippen LogP contribution in [-0.2, 0) is 0 Å². The number of carbonyl (C=O) groups is 1. The van der Waals surface area contributed by atoms with Crippen LogP contribution in [0.2, 0.25) is 0 Å². The van der Waals surface area contributed by atoms with Crippen LogP contribution in [0.15, 0.2) is 55.4 Å². The average molecular weight is 421 g/mol. The van der Waals surface area contributed by atoms with E-state index in [0.717, 1.165) is 0 Å². The van der Waals surface area contributed by atoms with Crippen molar-refractivity contribution in [2.24, 2.45) is 0 Å². The van der Waals surface area contributed by atoms with Gasteiger partial charge in [-0.2, -0.15) is 0 Å². The molecule has 5 N–H and O–H groups in total. The highest BCUT2D eigenvalue weighted by Crippen LogP contribution is 2.35. The van der Waals surface area contributed by atoms with Crippen LogP contribution < -0.4 is 16.4 Å². The lowest BCUT2D eigenvalue weighted by molar-refractivity contribution is 0.0924. The standard InChI is InChI=1S/C23H24FN5O2/c1-13(2)21-20(10-19(29-22(21)25)15-6-4-5-7-17(15)24)28-18-8-9-26-12-16(18)23(31)27-11-14(3)30/h4-10,12,14,30H,1,11H2,2-3H3,(H,27,31)(H3,25,26,28,29). The van der Waals surface area contributed by atoms with Crippen LogP contribution in [0.5, 0.6) is 0 Å². The maximum atomic E-state index is 14.3. The second-order valence-corrected chi connectivity index (χ2v) is 7.18. The molecule has 1 unspecified atom stereocenters. The lowest BCUT2D eigenvalue weighted by atomic mass is 10.0. The number of aromatic nitrogens is 2. The largest absolute Gasteiger partial charge is 0.392 e. The number of hydrogen-bond acceptors (Lipinski definition) is 6. The maximum Gasteiger partial charge on any atom is 0.255 e. The van der Waals surface area contributed by atoms with Crippen LogP contribution in [0.1, 0.15) is 29.8 Å². The van der Waals surface area contributed by atoms with Crippen LogP contribution in [0, 0.1) is 5.82 Å². The van der Waals surface area contributed by atoms with Gasteiger partial charge in [-0.15, -0.1) is 0 Å².